The molecule has 0 unspecified atom stereocenters. The second-order valence-corrected chi connectivity index (χ2v) is 7.06. The zero-order valence-electron chi connectivity index (χ0n) is 14.1. The van der Waals surface area contributed by atoms with Crippen molar-refractivity contribution in [3.8, 4) is 16.9 Å². The third-order valence-electron chi connectivity index (χ3n) is 4.58. The van der Waals surface area contributed by atoms with Crippen LogP contribution in [0.25, 0.3) is 21.3 Å². The van der Waals surface area contributed by atoms with Crippen molar-refractivity contribution in [2.24, 2.45) is 0 Å². The Labute approximate surface area is 146 Å². The van der Waals surface area contributed by atoms with E-state index in [1.165, 1.54) is 35.8 Å². The maximum Gasteiger partial charge on any atom is 0.141 e. The molecule has 3 heterocycles. The first-order valence-corrected chi connectivity index (χ1v) is 9.29. The third-order valence-corrected chi connectivity index (χ3v) is 5.46. The van der Waals surface area contributed by atoms with Crippen LogP contribution in [0.3, 0.4) is 0 Å². The van der Waals surface area contributed by atoms with Gasteiger partial charge in [0.05, 0.1) is 12.5 Å². The largest absolute Gasteiger partial charge is 0.497 e. The van der Waals surface area contributed by atoms with Gasteiger partial charge in [-0.3, -0.25) is 0 Å². The lowest BCUT2D eigenvalue weighted by molar-refractivity contribution is 0.415. The lowest BCUT2D eigenvalue weighted by Crippen LogP contribution is -2.30. The Hall–Kier alpha value is -2.14. The van der Waals surface area contributed by atoms with Crippen LogP contribution in [-0.4, -0.2) is 30.2 Å². The van der Waals surface area contributed by atoms with Crippen molar-refractivity contribution < 1.29 is 4.74 Å². The van der Waals surface area contributed by atoms with E-state index in [4.69, 9.17) is 9.72 Å². The van der Waals surface area contributed by atoms with E-state index in [1.54, 1.807) is 18.4 Å². The molecule has 5 heteroatoms. The molecule has 0 aliphatic carbocycles. The van der Waals surface area contributed by atoms with Crippen LogP contribution >= 0.6 is 11.3 Å². The summed E-state index contributed by atoms with van der Waals surface area (Å²) in [4.78, 5) is 13.0. The van der Waals surface area contributed by atoms with E-state index >= 15 is 0 Å². The van der Waals surface area contributed by atoms with E-state index in [0.29, 0.717) is 0 Å². The summed E-state index contributed by atoms with van der Waals surface area (Å²) in [7, 11) is 1.69. The van der Waals surface area contributed by atoms with Gasteiger partial charge in [0.1, 0.15) is 22.2 Å². The van der Waals surface area contributed by atoms with Crippen molar-refractivity contribution in [3.63, 3.8) is 0 Å². The molecule has 1 saturated heterocycles. The van der Waals surface area contributed by atoms with Gasteiger partial charge in [0.2, 0.25) is 0 Å². The molecule has 0 N–H and O–H groups in total. The number of hydrogen-bond acceptors (Lipinski definition) is 5. The molecule has 0 amide bonds. The minimum atomic E-state index is 0.853. The van der Waals surface area contributed by atoms with Crippen LogP contribution in [0.1, 0.15) is 25.1 Å². The molecule has 4 rings (SSSR count). The van der Waals surface area contributed by atoms with Crippen molar-refractivity contribution in [3.05, 3.63) is 35.5 Å². The molecule has 1 aliphatic heterocycles. The van der Waals surface area contributed by atoms with E-state index in [1.807, 2.05) is 19.1 Å². The van der Waals surface area contributed by atoms with Gasteiger partial charge in [0.25, 0.3) is 0 Å². The highest BCUT2D eigenvalue weighted by atomic mass is 32.1. The number of aryl methyl sites for hydroxylation is 1. The monoisotopic (exact) mass is 339 g/mol. The van der Waals surface area contributed by atoms with Gasteiger partial charge >= 0.3 is 0 Å². The molecule has 124 valence electrons. The van der Waals surface area contributed by atoms with E-state index in [0.717, 1.165) is 35.3 Å². The number of benzene rings is 1. The van der Waals surface area contributed by atoms with Gasteiger partial charge in [0, 0.05) is 24.0 Å². The van der Waals surface area contributed by atoms with E-state index in [2.05, 4.69) is 27.4 Å². The highest BCUT2D eigenvalue weighted by Gasteiger charge is 2.20. The number of nitrogens with zero attached hydrogens (tertiary/aromatic N) is 3. The number of hydrogen-bond donors (Lipinski definition) is 0. The molecule has 0 radical (unpaired) electrons. The van der Waals surface area contributed by atoms with Crippen LogP contribution in [0.2, 0.25) is 0 Å². The number of thiophene rings is 1. The average molecular weight is 339 g/mol. The lowest BCUT2D eigenvalue weighted by atomic mass is 10.0. The summed E-state index contributed by atoms with van der Waals surface area (Å²) < 4.78 is 5.28. The SMILES string of the molecule is COc1ccc(-c2csc3nc(C)nc(N4CCCCC4)c23)cc1. The standard InChI is InChI=1S/C19H21N3OS/c1-13-20-18(22-10-4-3-5-11-22)17-16(12-24-19(17)21-13)14-6-8-15(23-2)9-7-14/h6-9,12H,3-5,10-11H2,1-2H3. The van der Waals surface area contributed by atoms with Crippen molar-refractivity contribution in [2.45, 2.75) is 26.2 Å². The molecule has 1 aromatic carbocycles. The minimum Gasteiger partial charge on any atom is -0.497 e. The summed E-state index contributed by atoms with van der Waals surface area (Å²) in [6.07, 6.45) is 3.80. The number of anilines is 1. The Balaban J connectivity index is 1.86. The van der Waals surface area contributed by atoms with E-state index < -0.39 is 0 Å². The zero-order chi connectivity index (χ0) is 16.5. The van der Waals surface area contributed by atoms with Gasteiger partial charge in [-0.2, -0.15) is 0 Å². The third kappa shape index (κ3) is 2.73. The molecular weight excluding hydrogens is 318 g/mol. The molecule has 1 aliphatic rings. The minimum absolute atomic E-state index is 0.853. The van der Waals surface area contributed by atoms with Crippen LogP contribution in [0, 0.1) is 6.92 Å². The van der Waals surface area contributed by atoms with Gasteiger partial charge in [-0.15, -0.1) is 11.3 Å². The second kappa shape index (κ2) is 6.40. The van der Waals surface area contributed by atoms with Crippen molar-refractivity contribution >= 4 is 27.4 Å². The quantitative estimate of drug-likeness (QED) is 0.695. The fourth-order valence-corrected chi connectivity index (χ4v) is 4.33. The van der Waals surface area contributed by atoms with E-state index in [9.17, 15) is 0 Å². The Bertz CT molecular complexity index is 851. The highest BCUT2D eigenvalue weighted by Crippen LogP contribution is 2.39. The fraction of sp³-hybridized carbons (Fsp3) is 0.368. The van der Waals surface area contributed by atoms with Gasteiger partial charge in [-0.25, -0.2) is 9.97 Å². The van der Waals surface area contributed by atoms with Gasteiger partial charge in [-0.1, -0.05) is 12.1 Å². The lowest BCUT2D eigenvalue weighted by Gasteiger charge is -2.28. The van der Waals surface area contributed by atoms with Crippen LogP contribution < -0.4 is 9.64 Å². The van der Waals surface area contributed by atoms with E-state index in [-0.39, 0.29) is 0 Å². The second-order valence-electron chi connectivity index (χ2n) is 6.20. The summed E-state index contributed by atoms with van der Waals surface area (Å²) >= 11 is 1.70. The predicted octanol–water partition coefficient (Wildman–Crippen LogP) is 4.67. The molecular formula is C19H21N3OS. The molecule has 0 bridgehead atoms. The molecule has 2 aromatic heterocycles. The maximum absolute atomic E-state index is 5.28. The van der Waals surface area contributed by atoms with Crippen molar-refractivity contribution in [2.75, 3.05) is 25.1 Å². The molecule has 24 heavy (non-hydrogen) atoms. The smallest absolute Gasteiger partial charge is 0.141 e. The topological polar surface area (TPSA) is 38.3 Å². The highest BCUT2D eigenvalue weighted by molar-refractivity contribution is 7.17. The Kier molecular flexibility index (Phi) is 4.10. The maximum atomic E-state index is 5.28. The van der Waals surface area contributed by atoms with Crippen LogP contribution in [0.5, 0.6) is 5.75 Å². The zero-order valence-corrected chi connectivity index (χ0v) is 14.9. The number of piperidine rings is 1. The Morgan fingerprint density at radius 2 is 1.79 bits per heavy atom. The first-order valence-electron chi connectivity index (χ1n) is 8.41. The fourth-order valence-electron chi connectivity index (χ4n) is 3.34. The first kappa shape index (κ1) is 15.4. The number of rotatable bonds is 3. The summed E-state index contributed by atoms with van der Waals surface area (Å²) in [5.74, 6) is 2.83. The summed E-state index contributed by atoms with van der Waals surface area (Å²) in [5.41, 5.74) is 2.41. The number of fused-ring (bicyclic) bond motifs is 1. The molecule has 1 fully saturated rings. The summed E-state index contributed by atoms with van der Waals surface area (Å²) in [5, 5.41) is 3.39. The molecule has 0 spiro atoms. The van der Waals surface area contributed by atoms with Crippen molar-refractivity contribution in [1.82, 2.24) is 9.97 Å². The van der Waals surface area contributed by atoms with Crippen LogP contribution in [-0.2, 0) is 0 Å². The van der Waals surface area contributed by atoms with Gasteiger partial charge in [0.15, 0.2) is 0 Å². The Morgan fingerprint density at radius 3 is 2.50 bits per heavy atom. The summed E-state index contributed by atoms with van der Waals surface area (Å²) in [6.45, 7) is 4.16. The number of methoxy groups -OCH3 is 1. The van der Waals surface area contributed by atoms with Gasteiger partial charge < -0.3 is 9.64 Å². The molecule has 4 nitrogen and oxygen atoms in total. The van der Waals surface area contributed by atoms with Crippen LogP contribution in [0.15, 0.2) is 29.6 Å². The number of ether oxygens (including phenoxy) is 1. The Morgan fingerprint density at radius 1 is 1.04 bits per heavy atom. The molecule has 3 aromatic rings. The molecule has 0 atom stereocenters. The number of aromatic nitrogens is 2. The molecule has 0 saturated carbocycles. The first-order chi connectivity index (χ1) is 11.8. The van der Waals surface area contributed by atoms with Crippen molar-refractivity contribution in [1.29, 1.82) is 0 Å². The average Bonchev–Trinajstić information content (AvgIpc) is 3.05. The van der Waals surface area contributed by atoms with Crippen LogP contribution in [0.4, 0.5) is 5.82 Å². The summed E-state index contributed by atoms with van der Waals surface area (Å²) in [6, 6.07) is 8.24. The normalized spacial score (nSPS) is 15.0. The predicted molar refractivity (Wildman–Crippen MR) is 100 cm³/mol. The van der Waals surface area contributed by atoms with Gasteiger partial charge in [-0.05, 0) is 43.9 Å².